The SMILES string of the molecule is C=C(NCC(C)CC)[C@H](CC1CC1)NCP. The van der Waals surface area contributed by atoms with Gasteiger partial charge in [0.1, 0.15) is 0 Å². The summed E-state index contributed by atoms with van der Waals surface area (Å²) in [6.45, 7) is 9.74. The Morgan fingerprint density at radius 2 is 2.19 bits per heavy atom. The zero-order valence-corrected chi connectivity index (χ0v) is 11.9. The van der Waals surface area contributed by atoms with Crippen molar-refractivity contribution >= 4 is 9.24 Å². The van der Waals surface area contributed by atoms with Crippen molar-refractivity contribution in [2.45, 2.75) is 45.6 Å². The molecule has 1 aliphatic rings. The molecule has 16 heavy (non-hydrogen) atoms. The highest BCUT2D eigenvalue weighted by molar-refractivity contribution is 7.16. The van der Waals surface area contributed by atoms with Crippen LogP contribution >= 0.6 is 9.24 Å². The Balaban J connectivity index is 2.27. The Hall–Kier alpha value is -0.0700. The number of nitrogens with one attached hydrogen (secondary N) is 2. The molecule has 1 aliphatic carbocycles. The van der Waals surface area contributed by atoms with E-state index in [1.54, 1.807) is 0 Å². The smallest absolute Gasteiger partial charge is 0.0468 e. The standard InChI is InChI=1S/C13H27N2P/c1-4-10(2)8-14-11(3)13(15-9-16)7-12-5-6-12/h10,12-15H,3-9,16H2,1-2H3/t10?,13-/m0/s1. The van der Waals surface area contributed by atoms with Crippen molar-refractivity contribution in [1.29, 1.82) is 0 Å². The number of hydrogen-bond donors (Lipinski definition) is 2. The molecule has 0 aromatic carbocycles. The van der Waals surface area contributed by atoms with Gasteiger partial charge in [-0.2, -0.15) is 0 Å². The minimum absolute atomic E-state index is 0.453. The topological polar surface area (TPSA) is 24.1 Å². The molecule has 0 spiro atoms. The molecule has 0 aliphatic heterocycles. The summed E-state index contributed by atoms with van der Waals surface area (Å²) < 4.78 is 0. The monoisotopic (exact) mass is 242 g/mol. The molecule has 1 saturated carbocycles. The van der Waals surface area contributed by atoms with Crippen LogP contribution in [0.25, 0.3) is 0 Å². The molecule has 0 amide bonds. The zero-order chi connectivity index (χ0) is 12.0. The van der Waals surface area contributed by atoms with Gasteiger partial charge in [0.05, 0.1) is 0 Å². The fourth-order valence-electron chi connectivity index (χ4n) is 1.75. The van der Waals surface area contributed by atoms with Gasteiger partial charge in [0, 0.05) is 24.6 Å². The Labute approximate surface area is 103 Å². The lowest BCUT2D eigenvalue weighted by Crippen LogP contribution is -2.37. The Morgan fingerprint density at radius 1 is 1.50 bits per heavy atom. The summed E-state index contributed by atoms with van der Waals surface area (Å²) in [7, 11) is 2.73. The van der Waals surface area contributed by atoms with Crippen LogP contribution in [0.4, 0.5) is 0 Å². The second kappa shape index (κ2) is 7.29. The van der Waals surface area contributed by atoms with E-state index in [4.69, 9.17) is 0 Å². The maximum Gasteiger partial charge on any atom is 0.0468 e. The van der Waals surface area contributed by atoms with Gasteiger partial charge < -0.3 is 10.6 Å². The second-order valence-corrected chi connectivity index (χ2v) is 5.47. The van der Waals surface area contributed by atoms with Crippen LogP contribution in [0.15, 0.2) is 12.3 Å². The first kappa shape index (κ1) is 14.0. The second-order valence-electron chi connectivity index (χ2n) is 5.06. The molecule has 2 nitrogen and oxygen atoms in total. The summed E-state index contributed by atoms with van der Waals surface area (Å²) in [5, 5.41) is 6.98. The van der Waals surface area contributed by atoms with Crippen LogP contribution in [-0.4, -0.2) is 18.9 Å². The lowest BCUT2D eigenvalue weighted by Gasteiger charge is -2.23. The molecule has 0 radical (unpaired) electrons. The van der Waals surface area contributed by atoms with Crippen LogP contribution in [0.3, 0.4) is 0 Å². The van der Waals surface area contributed by atoms with Gasteiger partial charge in [-0.05, 0) is 18.3 Å². The van der Waals surface area contributed by atoms with Crippen molar-refractivity contribution in [2.24, 2.45) is 11.8 Å². The molecule has 2 N–H and O–H groups in total. The molecule has 0 bridgehead atoms. The molecule has 3 heteroatoms. The van der Waals surface area contributed by atoms with E-state index in [-0.39, 0.29) is 0 Å². The van der Waals surface area contributed by atoms with Gasteiger partial charge in [-0.25, -0.2) is 0 Å². The molecule has 0 aromatic rings. The normalized spacial score (nSPS) is 19.2. The van der Waals surface area contributed by atoms with E-state index < -0.39 is 0 Å². The van der Waals surface area contributed by atoms with Crippen LogP contribution in [-0.2, 0) is 0 Å². The molecule has 3 atom stereocenters. The maximum atomic E-state index is 4.18. The average Bonchev–Trinajstić information content (AvgIpc) is 3.08. The lowest BCUT2D eigenvalue weighted by atomic mass is 10.1. The van der Waals surface area contributed by atoms with Crippen molar-refractivity contribution in [3.8, 4) is 0 Å². The van der Waals surface area contributed by atoms with Crippen molar-refractivity contribution in [3.05, 3.63) is 12.3 Å². The first-order valence-corrected chi connectivity index (χ1v) is 7.35. The van der Waals surface area contributed by atoms with E-state index in [0.717, 1.165) is 24.7 Å². The largest absolute Gasteiger partial charge is 0.387 e. The van der Waals surface area contributed by atoms with Gasteiger partial charge in [-0.3, -0.25) is 0 Å². The van der Waals surface area contributed by atoms with E-state index >= 15 is 0 Å². The molecule has 0 saturated heterocycles. The quantitative estimate of drug-likeness (QED) is 0.607. The van der Waals surface area contributed by atoms with Crippen LogP contribution in [0, 0.1) is 11.8 Å². The van der Waals surface area contributed by atoms with Crippen LogP contribution < -0.4 is 10.6 Å². The fraction of sp³-hybridized carbons (Fsp3) is 0.846. The summed E-state index contributed by atoms with van der Waals surface area (Å²) >= 11 is 0. The van der Waals surface area contributed by atoms with Crippen molar-refractivity contribution in [1.82, 2.24) is 10.6 Å². The maximum absolute atomic E-state index is 4.18. The van der Waals surface area contributed by atoms with Gasteiger partial charge >= 0.3 is 0 Å². The minimum atomic E-state index is 0.453. The van der Waals surface area contributed by atoms with E-state index in [9.17, 15) is 0 Å². The van der Waals surface area contributed by atoms with Gasteiger partial charge in [-0.1, -0.05) is 39.7 Å². The number of rotatable bonds is 9. The van der Waals surface area contributed by atoms with Crippen molar-refractivity contribution in [3.63, 3.8) is 0 Å². The highest BCUT2D eigenvalue weighted by Crippen LogP contribution is 2.34. The minimum Gasteiger partial charge on any atom is -0.387 e. The Bertz CT molecular complexity index is 214. The summed E-state index contributed by atoms with van der Waals surface area (Å²) in [5.74, 6) is 1.67. The highest BCUT2D eigenvalue weighted by Gasteiger charge is 2.26. The predicted octanol–water partition coefficient (Wildman–Crippen LogP) is 2.73. The first-order chi connectivity index (χ1) is 7.67. The molecule has 94 valence electrons. The van der Waals surface area contributed by atoms with Crippen LogP contribution in [0.1, 0.15) is 39.5 Å². The lowest BCUT2D eigenvalue weighted by molar-refractivity contribution is 0.475. The summed E-state index contributed by atoms with van der Waals surface area (Å²) in [6.07, 6.45) is 6.24. The number of hydrogen-bond acceptors (Lipinski definition) is 2. The molecular weight excluding hydrogens is 215 g/mol. The van der Waals surface area contributed by atoms with Gasteiger partial charge in [0.25, 0.3) is 0 Å². The van der Waals surface area contributed by atoms with Crippen LogP contribution in [0.2, 0.25) is 0 Å². The Kier molecular flexibility index (Phi) is 6.38. The Morgan fingerprint density at radius 3 is 2.69 bits per heavy atom. The molecule has 2 unspecified atom stereocenters. The van der Waals surface area contributed by atoms with E-state index in [0.29, 0.717) is 6.04 Å². The molecule has 1 fully saturated rings. The summed E-state index contributed by atoms with van der Waals surface area (Å²) in [6, 6.07) is 0.453. The van der Waals surface area contributed by atoms with Crippen LogP contribution in [0.5, 0.6) is 0 Å². The third kappa shape index (κ3) is 5.32. The molecule has 0 aromatic heterocycles. The zero-order valence-electron chi connectivity index (χ0n) is 10.8. The van der Waals surface area contributed by atoms with Crippen molar-refractivity contribution in [2.75, 3.05) is 12.8 Å². The third-order valence-corrected chi connectivity index (χ3v) is 3.66. The first-order valence-electron chi connectivity index (χ1n) is 6.53. The van der Waals surface area contributed by atoms with Gasteiger partial charge in [0.15, 0.2) is 0 Å². The molecule has 1 rings (SSSR count). The third-order valence-electron chi connectivity index (χ3n) is 3.43. The molecular formula is C13H27N2P. The van der Waals surface area contributed by atoms with Gasteiger partial charge in [-0.15, -0.1) is 9.24 Å². The highest BCUT2D eigenvalue weighted by atomic mass is 31.0. The fourth-order valence-corrected chi connectivity index (χ4v) is 2.04. The van der Waals surface area contributed by atoms with E-state index in [2.05, 4.69) is 40.3 Å². The van der Waals surface area contributed by atoms with E-state index in [1.165, 1.54) is 31.4 Å². The average molecular weight is 242 g/mol. The predicted molar refractivity (Wildman–Crippen MR) is 75.4 cm³/mol. The molecule has 0 heterocycles. The summed E-state index contributed by atoms with van der Waals surface area (Å²) in [5.41, 5.74) is 1.18. The van der Waals surface area contributed by atoms with E-state index in [1.807, 2.05) is 0 Å². The summed E-state index contributed by atoms with van der Waals surface area (Å²) in [4.78, 5) is 0. The van der Waals surface area contributed by atoms with Crippen molar-refractivity contribution < 1.29 is 0 Å². The van der Waals surface area contributed by atoms with Gasteiger partial charge in [0.2, 0.25) is 0 Å².